The van der Waals surface area contributed by atoms with Crippen LogP contribution in [0.3, 0.4) is 0 Å². The first-order chi connectivity index (χ1) is 11.3. The smallest absolute Gasteiger partial charge is 0.278 e. The van der Waals surface area contributed by atoms with Gasteiger partial charge in [0.25, 0.3) is 5.91 Å². The quantitative estimate of drug-likeness (QED) is 0.871. The Morgan fingerprint density at radius 2 is 2.00 bits per heavy atom. The summed E-state index contributed by atoms with van der Waals surface area (Å²) >= 11 is 1.44. The third kappa shape index (κ3) is 2.80. The summed E-state index contributed by atoms with van der Waals surface area (Å²) in [6.45, 7) is 2.77. The standard InChI is InChI=1S/C17H18N4OS/c22-16-15(19-17-18-8-11-23-17)13-6-2-3-7-14(13)21(16)12-20-9-4-1-5-10-20/h2-3,6-8,11H,1,4-5,9-10,12H2/b19-15-. The number of carbonyl (C=O) groups excluding carboxylic acids is 1. The van der Waals surface area contributed by atoms with E-state index in [1.165, 1.54) is 30.6 Å². The van der Waals surface area contributed by atoms with Gasteiger partial charge in [0.1, 0.15) is 5.71 Å². The van der Waals surface area contributed by atoms with Crippen LogP contribution in [-0.2, 0) is 4.79 Å². The van der Waals surface area contributed by atoms with Crippen LogP contribution in [0, 0.1) is 0 Å². The number of anilines is 1. The summed E-state index contributed by atoms with van der Waals surface area (Å²) in [6, 6.07) is 7.90. The first-order valence-corrected chi connectivity index (χ1v) is 8.83. The van der Waals surface area contributed by atoms with E-state index in [0.717, 1.165) is 24.3 Å². The number of rotatable bonds is 3. The van der Waals surface area contributed by atoms with Crippen molar-refractivity contribution in [2.45, 2.75) is 19.3 Å². The molecule has 3 heterocycles. The van der Waals surface area contributed by atoms with E-state index in [1.54, 1.807) is 6.20 Å². The Kier molecular flexibility index (Phi) is 3.93. The van der Waals surface area contributed by atoms with E-state index >= 15 is 0 Å². The van der Waals surface area contributed by atoms with Crippen molar-refractivity contribution in [2.24, 2.45) is 4.99 Å². The average molecular weight is 326 g/mol. The number of aliphatic imine (C=N–C) groups is 1. The molecule has 0 saturated carbocycles. The molecule has 23 heavy (non-hydrogen) atoms. The van der Waals surface area contributed by atoms with E-state index in [4.69, 9.17) is 0 Å². The van der Waals surface area contributed by atoms with Gasteiger partial charge in [-0.3, -0.25) is 14.6 Å². The van der Waals surface area contributed by atoms with Gasteiger partial charge in [-0.1, -0.05) is 24.6 Å². The Morgan fingerprint density at radius 1 is 1.17 bits per heavy atom. The minimum Gasteiger partial charge on any atom is -0.293 e. The van der Waals surface area contributed by atoms with Crippen molar-refractivity contribution in [3.8, 4) is 0 Å². The Morgan fingerprint density at radius 3 is 2.78 bits per heavy atom. The Balaban J connectivity index is 1.67. The van der Waals surface area contributed by atoms with Gasteiger partial charge in [0, 0.05) is 17.1 Å². The van der Waals surface area contributed by atoms with Crippen molar-refractivity contribution in [2.75, 3.05) is 24.7 Å². The summed E-state index contributed by atoms with van der Waals surface area (Å²) in [5, 5.41) is 2.50. The third-order valence-corrected chi connectivity index (χ3v) is 4.98. The highest BCUT2D eigenvalue weighted by atomic mass is 32.1. The topological polar surface area (TPSA) is 48.8 Å². The largest absolute Gasteiger partial charge is 0.293 e. The van der Waals surface area contributed by atoms with Gasteiger partial charge in [-0.05, 0) is 32.0 Å². The summed E-state index contributed by atoms with van der Waals surface area (Å²) in [5.74, 6) is -0.0213. The number of fused-ring (bicyclic) bond motifs is 1. The van der Waals surface area contributed by atoms with Gasteiger partial charge in [-0.25, -0.2) is 9.98 Å². The molecule has 1 fully saturated rings. The molecule has 2 aromatic rings. The molecule has 1 aromatic carbocycles. The van der Waals surface area contributed by atoms with Gasteiger partial charge in [0.05, 0.1) is 12.4 Å². The van der Waals surface area contributed by atoms with Crippen LogP contribution in [-0.4, -0.2) is 41.3 Å². The van der Waals surface area contributed by atoms with Crippen molar-refractivity contribution < 1.29 is 4.79 Å². The summed E-state index contributed by atoms with van der Waals surface area (Å²) in [6.07, 6.45) is 5.42. The van der Waals surface area contributed by atoms with Crippen molar-refractivity contribution in [3.63, 3.8) is 0 Å². The SMILES string of the molecule is O=C1/C(=N\c2nccs2)c2ccccc2N1CN1CCCCC1. The van der Waals surface area contributed by atoms with Crippen molar-refractivity contribution in [1.82, 2.24) is 9.88 Å². The molecule has 1 aromatic heterocycles. The van der Waals surface area contributed by atoms with Gasteiger partial charge in [-0.15, -0.1) is 11.3 Å². The molecule has 1 amide bonds. The summed E-state index contributed by atoms with van der Waals surface area (Å²) in [5.41, 5.74) is 2.37. The monoisotopic (exact) mass is 326 g/mol. The zero-order valence-corrected chi connectivity index (χ0v) is 13.6. The van der Waals surface area contributed by atoms with Gasteiger partial charge >= 0.3 is 0 Å². The van der Waals surface area contributed by atoms with Crippen LogP contribution < -0.4 is 4.90 Å². The molecule has 0 unspecified atom stereocenters. The molecule has 0 aliphatic carbocycles. The zero-order chi connectivity index (χ0) is 15.6. The van der Waals surface area contributed by atoms with Crippen LogP contribution in [0.5, 0.6) is 0 Å². The van der Waals surface area contributed by atoms with Gasteiger partial charge < -0.3 is 0 Å². The second kappa shape index (κ2) is 6.22. The van der Waals surface area contributed by atoms with Crippen LogP contribution in [0.4, 0.5) is 10.8 Å². The highest BCUT2D eigenvalue weighted by Gasteiger charge is 2.34. The minimum absolute atomic E-state index is 0.0213. The molecule has 118 valence electrons. The lowest BCUT2D eigenvalue weighted by atomic mass is 10.1. The predicted octanol–water partition coefficient (Wildman–Crippen LogP) is 3.05. The Hall–Kier alpha value is -2.05. The van der Waals surface area contributed by atoms with Crippen LogP contribution in [0.15, 0.2) is 40.8 Å². The number of carbonyl (C=O) groups is 1. The highest BCUT2D eigenvalue weighted by Crippen LogP contribution is 2.31. The van der Waals surface area contributed by atoms with Crippen molar-refractivity contribution in [3.05, 3.63) is 41.4 Å². The molecule has 6 heteroatoms. The number of nitrogens with zero attached hydrogens (tertiary/aromatic N) is 4. The van der Waals surface area contributed by atoms with Crippen LogP contribution in [0.1, 0.15) is 24.8 Å². The lowest BCUT2D eigenvalue weighted by Crippen LogP contribution is -2.43. The van der Waals surface area contributed by atoms with E-state index in [0.29, 0.717) is 17.5 Å². The minimum atomic E-state index is -0.0213. The van der Waals surface area contributed by atoms with E-state index in [-0.39, 0.29) is 5.91 Å². The van der Waals surface area contributed by atoms with E-state index < -0.39 is 0 Å². The predicted molar refractivity (Wildman–Crippen MR) is 92.5 cm³/mol. The number of benzene rings is 1. The number of piperidine rings is 1. The maximum Gasteiger partial charge on any atom is 0.278 e. The first-order valence-electron chi connectivity index (χ1n) is 7.95. The molecular weight excluding hydrogens is 308 g/mol. The molecule has 0 atom stereocenters. The van der Waals surface area contributed by atoms with Crippen LogP contribution >= 0.6 is 11.3 Å². The number of hydrogen-bond acceptors (Lipinski definition) is 5. The average Bonchev–Trinajstić information content (AvgIpc) is 3.19. The fourth-order valence-corrected chi connectivity index (χ4v) is 3.69. The molecule has 2 aliphatic rings. The normalized spacial score (nSPS) is 20.3. The zero-order valence-electron chi connectivity index (χ0n) is 12.8. The number of thiazole rings is 1. The fourth-order valence-electron chi connectivity index (χ4n) is 3.18. The number of aromatic nitrogens is 1. The lowest BCUT2D eigenvalue weighted by molar-refractivity contribution is -0.112. The Bertz CT molecular complexity index is 735. The molecule has 0 radical (unpaired) electrons. The number of hydrogen-bond donors (Lipinski definition) is 0. The summed E-state index contributed by atoms with van der Waals surface area (Å²) in [4.78, 5) is 25.8. The van der Waals surface area contributed by atoms with Gasteiger partial charge in [0.15, 0.2) is 0 Å². The molecule has 1 saturated heterocycles. The summed E-state index contributed by atoms with van der Waals surface area (Å²) < 4.78 is 0. The molecule has 0 spiro atoms. The third-order valence-electron chi connectivity index (χ3n) is 4.31. The first kappa shape index (κ1) is 14.5. The maximum absolute atomic E-state index is 12.9. The maximum atomic E-state index is 12.9. The molecule has 2 aliphatic heterocycles. The van der Waals surface area contributed by atoms with Crippen LogP contribution in [0.2, 0.25) is 0 Å². The van der Waals surface area contributed by atoms with E-state index in [9.17, 15) is 4.79 Å². The molecule has 0 N–H and O–H groups in total. The van der Waals surface area contributed by atoms with Gasteiger partial charge in [0.2, 0.25) is 5.13 Å². The van der Waals surface area contributed by atoms with Gasteiger partial charge in [-0.2, -0.15) is 0 Å². The number of amides is 1. The van der Waals surface area contributed by atoms with E-state index in [2.05, 4.69) is 14.9 Å². The van der Waals surface area contributed by atoms with Crippen molar-refractivity contribution in [1.29, 1.82) is 0 Å². The summed E-state index contributed by atoms with van der Waals surface area (Å²) in [7, 11) is 0. The highest BCUT2D eigenvalue weighted by molar-refractivity contribution is 7.13. The molecule has 5 nitrogen and oxygen atoms in total. The van der Waals surface area contributed by atoms with E-state index in [1.807, 2.05) is 34.5 Å². The number of likely N-dealkylation sites (tertiary alicyclic amines) is 1. The Labute approximate surface area is 139 Å². The number of para-hydroxylation sites is 1. The van der Waals surface area contributed by atoms with Crippen LogP contribution in [0.25, 0.3) is 0 Å². The lowest BCUT2D eigenvalue weighted by Gasteiger charge is -2.30. The molecule has 4 rings (SSSR count). The second-order valence-electron chi connectivity index (χ2n) is 5.85. The second-order valence-corrected chi connectivity index (χ2v) is 6.72. The molecule has 0 bridgehead atoms. The van der Waals surface area contributed by atoms with Crippen molar-refractivity contribution >= 4 is 33.8 Å². The fraction of sp³-hybridized carbons (Fsp3) is 0.353. The molecular formula is C17H18N4OS.